The van der Waals surface area contributed by atoms with Crippen LogP contribution in [-0.4, -0.2) is 38.8 Å². The normalized spacial score (nSPS) is 20.6. The standard InChI is InChI=1S/C21H27N5O/c1-15-13-19(24-18-10-4-5-11-22-18)25-20(23-15)17-9-6-12-26(14-17)21(27)16-7-2-3-8-16/h4-5,10-11,13,16-17H,2-3,6-9,12,14H2,1H3,(H,22,23,24,25)/t17-/m1/s1. The first-order valence-electron chi connectivity index (χ1n) is 10.0. The summed E-state index contributed by atoms with van der Waals surface area (Å²) >= 11 is 0. The molecule has 3 heterocycles. The van der Waals surface area contributed by atoms with Crippen molar-refractivity contribution in [3.63, 3.8) is 0 Å². The van der Waals surface area contributed by atoms with Crippen molar-refractivity contribution in [2.45, 2.75) is 51.4 Å². The predicted molar refractivity (Wildman–Crippen MR) is 105 cm³/mol. The van der Waals surface area contributed by atoms with E-state index in [2.05, 4.69) is 20.2 Å². The topological polar surface area (TPSA) is 71.0 Å². The molecule has 2 aromatic rings. The van der Waals surface area contributed by atoms with Gasteiger partial charge in [-0.2, -0.15) is 0 Å². The van der Waals surface area contributed by atoms with Crippen molar-refractivity contribution in [3.05, 3.63) is 42.0 Å². The Labute approximate surface area is 160 Å². The Hall–Kier alpha value is -2.50. The lowest BCUT2D eigenvalue weighted by molar-refractivity contribution is -0.136. The van der Waals surface area contributed by atoms with Crippen LogP contribution in [0.5, 0.6) is 0 Å². The number of nitrogens with zero attached hydrogens (tertiary/aromatic N) is 4. The van der Waals surface area contributed by atoms with Crippen LogP contribution < -0.4 is 5.32 Å². The van der Waals surface area contributed by atoms with Gasteiger partial charge in [0.05, 0.1) is 0 Å². The highest BCUT2D eigenvalue weighted by molar-refractivity contribution is 5.79. The second-order valence-electron chi connectivity index (χ2n) is 7.70. The van der Waals surface area contributed by atoms with Crippen molar-refractivity contribution in [3.8, 4) is 0 Å². The van der Waals surface area contributed by atoms with E-state index >= 15 is 0 Å². The van der Waals surface area contributed by atoms with Crippen molar-refractivity contribution in [2.24, 2.45) is 5.92 Å². The summed E-state index contributed by atoms with van der Waals surface area (Å²) in [5, 5.41) is 3.26. The molecule has 2 aromatic heterocycles. The zero-order valence-electron chi connectivity index (χ0n) is 15.9. The lowest BCUT2D eigenvalue weighted by Crippen LogP contribution is -2.42. The molecular formula is C21H27N5O. The van der Waals surface area contributed by atoms with E-state index in [4.69, 9.17) is 4.98 Å². The summed E-state index contributed by atoms with van der Waals surface area (Å²) in [6.07, 6.45) is 8.29. The number of nitrogens with one attached hydrogen (secondary N) is 1. The fraction of sp³-hybridized carbons (Fsp3) is 0.524. The van der Waals surface area contributed by atoms with Crippen molar-refractivity contribution in [1.82, 2.24) is 19.9 Å². The minimum atomic E-state index is 0.202. The molecule has 1 saturated heterocycles. The zero-order valence-corrected chi connectivity index (χ0v) is 15.9. The monoisotopic (exact) mass is 365 g/mol. The van der Waals surface area contributed by atoms with E-state index in [-0.39, 0.29) is 11.8 Å². The maximum absolute atomic E-state index is 12.8. The molecule has 142 valence electrons. The highest BCUT2D eigenvalue weighted by atomic mass is 16.2. The smallest absolute Gasteiger partial charge is 0.225 e. The number of carbonyl (C=O) groups is 1. The van der Waals surface area contributed by atoms with Crippen LogP contribution in [0.4, 0.5) is 11.6 Å². The van der Waals surface area contributed by atoms with Gasteiger partial charge in [-0.05, 0) is 44.7 Å². The predicted octanol–water partition coefficient (Wildman–Crippen LogP) is 3.82. The number of piperidine rings is 1. The van der Waals surface area contributed by atoms with Crippen LogP contribution in [0.2, 0.25) is 0 Å². The number of amides is 1. The first-order valence-corrected chi connectivity index (χ1v) is 10.0. The van der Waals surface area contributed by atoms with Crippen LogP contribution in [0.3, 0.4) is 0 Å². The highest BCUT2D eigenvalue weighted by Gasteiger charge is 2.32. The SMILES string of the molecule is Cc1cc(Nc2ccccn2)nc([C@@H]2CCCN(C(=O)C3CCCC3)C2)n1. The number of carbonyl (C=O) groups excluding carboxylic acids is 1. The minimum absolute atomic E-state index is 0.202. The molecule has 1 aliphatic heterocycles. The lowest BCUT2D eigenvalue weighted by atomic mass is 9.95. The zero-order chi connectivity index (χ0) is 18.6. The summed E-state index contributed by atoms with van der Waals surface area (Å²) in [6.45, 7) is 3.59. The molecule has 0 bridgehead atoms. The number of rotatable bonds is 4. The first kappa shape index (κ1) is 17.9. The van der Waals surface area contributed by atoms with Gasteiger partial charge in [0.2, 0.25) is 5.91 Å². The molecule has 6 heteroatoms. The van der Waals surface area contributed by atoms with Gasteiger partial charge < -0.3 is 10.2 Å². The lowest BCUT2D eigenvalue weighted by Gasteiger charge is -2.33. The highest BCUT2D eigenvalue weighted by Crippen LogP contribution is 2.31. The Morgan fingerprint density at radius 1 is 1.11 bits per heavy atom. The maximum atomic E-state index is 12.8. The van der Waals surface area contributed by atoms with Crippen LogP contribution in [0.25, 0.3) is 0 Å². The third-order valence-corrected chi connectivity index (χ3v) is 5.60. The average Bonchev–Trinajstić information content (AvgIpc) is 3.23. The number of likely N-dealkylation sites (tertiary alicyclic amines) is 1. The van der Waals surface area contributed by atoms with Crippen LogP contribution in [0, 0.1) is 12.8 Å². The molecule has 0 aromatic carbocycles. The van der Waals surface area contributed by atoms with E-state index in [1.54, 1.807) is 6.20 Å². The molecule has 1 atom stereocenters. The van der Waals surface area contributed by atoms with Crippen LogP contribution in [-0.2, 0) is 4.79 Å². The largest absolute Gasteiger partial charge is 0.342 e. The van der Waals surface area contributed by atoms with Gasteiger partial charge in [-0.15, -0.1) is 0 Å². The molecule has 6 nitrogen and oxygen atoms in total. The molecule has 1 saturated carbocycles. The Balaban J connectivity index is 1.49. The summed E-state index contributed by atoms with van der Waals surface area (Å²) in [7, 11) is 0. The van der Waals surface area contributed by atoms with Crippen LogP contribution in [0.15, 0.2) is 30.5 Å². The van der Waals surface area contributed by atoms with E-state index in [1.807, 2.05) is 31.2 Å². The van der Waals surface area contributed by atoms with Gasteiger partial charge >= 0.3 is 0 Å². The van der Waals surface area contributed by atoms with E-state index in [9.17, 15) is 4.79 Å². The Morgan fingerprint density at radius 2 is 1.96 bits per heavy atom. The number of aryl methyl sites for hydroxylation is 1. The van der Waals surface area contributed by atoms with Crippen molar-refractivity contribution in [1.29, 1.82) is 0 Å². The van der Waals surface area contributed by atoms with Crippen LogP contribution in [0.1, 0.15) is 56.0 Å². The van der Waals surface area contributed by atoms with Crippen molar-refractivity contribution < 1.29 is 4.79 Å². The van der Waals surface area contributed by atoms with Gasteiger partial charge in [0.25, 0.3) is 0 Å². The average molecular weight is 365 g/mol. The summed E-state index contributed by atoms with van der Waals surface area (Å²) in [6, 6.07) is 7.68. The maximum Gasteiger partial charge on any atom is 0.225 e. The number of hydrogen-bond donors (Lipinski definition) is 1. The van der Waals surface area contributed by atoms with E-state index in [0.717, 1.165) is 61.9 Å². The second kappa shape index (κ2) is 8.03. The first-order chi connectivity index (χ1) is 13.2. The van der Waals surface area contributed by atoms with Crippen LogP contribution >= 0.6 is 0 Å². The van der Waals surface area contributed by atoms with Gasteiger partial charge in [0.15, 0.2) is 0 Å². The minimum Gasteiger partial charge on any atom is -0.342 e. The van der Waals surface area contributed by atoms with E-state index in [0.29, 0.717) is 5.91 Å². The summed E-state index contributed by atoms with van der Waals surface area (Å²) < 4.78 is 0. The molecule has 1 aliphatic carbocycles. The Morgan fingerprint density at radius 3 is 2.74 bits per heavy atom. The fourth-order valence-electron chi connectivity index (χ4n) is 4.23. The molecule has 0 radical (unpaired) electrons. The molecule has 4 rings (SSSR count). The molecular weight excluding hydrogens is 338 g/mol. The molecule has 1 amide bonds. The Kier molecular flexibility index (Phi) is 5.32. The van der Waals surface area contributed by atoms with Gasteiger partial charge in [0.1, 0.15) is 17.5 Å². The van der Waals surface area contributed by atoms with Gasteiger partial charge in [-0.3, -0.25) is 4.79 Å². The fourth-order valence-corrected chi connectivity index (χ4v) is 4.23. The van der Waals surface area contributed by atoms with Crippen molar-refractivity contribution >= 4 is 17.5 Å². The summed E-state index contributed by atoms with van der Waals surface area (Å²) in [5.41, 5.74) is 0.928. The summed E-state index contributed by atoms with van der Waals surface area (Å²) in [4.78, 5) is 28.6. The number of aromatic nitrogens is 3. The molecule has 27 heavy (non-hydrogen) atoms. The van der Waals surface area contributed by atoms with E-state index in [1.165, 1.54) is 12.8 Å². The van der Waals surface area contributed by atoms with Gasteiger partial charge in [-0.1, -0.05) is 18.9 Å². The van der Waals surface area contributed by atoms with Gasteiger partial charge in [-0.25, -0.2) is 15.0 Å². The number of anilines is 2. The number of pyridine rings is 1. The quantitative estimate of drug-likeness (QED) is 0.892. The van der Waals surface area contributed by atoms with E-state index < -0.39 is 0 Å². The molecule has 0 unspecified atom stereocenters. The third-order valence-electron chi connectivity index (χ3n) is 5.60. The second-order valence-corrected chi connectivity index (χ2v) is 7.70. The molecule has 2 fully saturated rings. The molecule has 0 spiro atoms. The van der Waals surface area contributed by atoms with Crippen molar-refractivity contribution in [2.75, 3.05) is 18.4 Å². The number of hydrogen-bond acceptors (Lipinski definition) is 5. The third kappa shape index (κ3) is 4.26. The molecule has 1 N–H and O–H groups in total. The van der Waals surface area contributed by atoms with Gasteiger partial charge in [0, 0.05) is 42.9 Å². The summed E-state index contributed by atoms with van der Waals surface area (Å²) in [5.74, 6) is 3.14. The Bertz CT molecular complexity index is 788. The molecule has 2 aliphatic rings.